The van der Waals surface area contributed by atoms with Crippen molar-refractivity contribution in [3.8, 4) is 0 Å². The van der Waals surface area contributed by atoms with Crippen molar-refractivity contribution >= 4 is 91.0 Å². The molecule has 220 valence electrons. The van der Waals surface area contributed by atoms with Gasteiger partial charge in [0.1, 0.15) is 28.9 Å². The molecule has 2 amide bonds. The lowest BCUT2D eigenvalue weighted by atomic mass is 10.0. The lowest BCUT2D eigenvalue weighted by Gasteiger charge is -2.50. The number of thioether (sulfide) groups is 2. The van der Waals surface area contributed by atoms with Crippen LogP contribution < -0.4 is 20.7 Å². The van der Waals surface area contributed by atoms with Gasteiger partial charge >= 0.3 is 5.97 Å². The molecule has 0 aromatic carbocycles. The van der Waals surface area contributed by atoms with Crippen LogP contribution in [0, 0.1) is 0 Å². The standard InChI is InChI=1S/C24H23N7O7S4/c1-24(2,21(36)37)38-29-14(12-9-40-22(25)26-12)17(32)28-15-18(33)31-16(20(34)35)10(7-39-19(15)31)8-41-23-27-11-4-5-30(3)6-13(11)42-23/h4-6,9,15,19H,7-8H2,1-3H3,(H4-,25,26,28,32,34,35,36,37)/b29-14-/t15?,19-/m0/s1. The van der Waals surface area contributed by atoms with Gasteiger partial charge in [-0.15, -0.1) is 34.4 Å². The summed E-state index contributed by atoms with van der Waals surface area (Å²) >= 11 is 5.18. The van der Waals surface area contributed by atoms with Crippen molar-refractivity contribution in [2.45, 2.75) is 35.2 Å². The highest BCUT2D eigenvalue weighted by molar-refractivity contribution is 8.02. The molecule has 0 spiro atoms. The molecule has 3 aromatic rings. The van der Waals surface area contributed by atoms with Crippen molar-refractivity contribution in [3.63, 3.8) is 0 Å². The fourth-order valence-corrected chi connectivity index (χ4v) is 8.13. The lowest BCUT2D eigenvalue weighted by molar-refractivity contribution is -0.670. The molecule has 1 saturated heterocycles. The number of nitrogen functional groups attached to an aromatic ring is 1. The maximum Gasteiger partial charge on any atom is 0.350 e. The summed E-state index contributed by atoms with van der Waals surface area (Å²) in [7, 11) is 1.91. The molecule has 1 unspecified atom stereocenters. The minimum absolute atomic E-state index is 0.0225. The van der Waals surface area contributed by atoms with E-state index in [2.05, 4.69) is 20.4 Å². The molecule has 0 bridgehead atoms. The second-order valence-corrected chi connectivity index (χ2v) is 13.9. The van der Waals surface area contributed by atoms with E-state index in [0.717, 1.165) is 30.8 Å². The van der Waals surface area contributed by atoms with E-state index in [4.69, 9.17) is 10.6 Å². The van der Waals surface area contributed by atoms with Gasteiger partial charge in [-0.05, 0) is 19.4 Å². The molecule has 42 heavy (non-hydrogen) atoms. The van der Waals surface area contributed by atoms with Crippen LogP contribution in [0.2, 0.25) is 0 Å². The summed E-state index contributed by atoms with van der Waals surface area (Å²) in [5.41, 5.74) is 4.69. The Morgan fingerprint density at radius 2 is 2.14 bits per heavy atom. The van der Waals surface area contributed by atoms with Gasteiger partial charge in [-0.2, -0.15) is 0 Å². The smallest absolute Gasteiger partial charge is 0.350 e. The number of fused-ring (bicyclic) bond motifs is 2. The summed E-state index contributed by atoms with van der Waals surface area (Å²) in [6.07, 6.45) is 3.84. The summed E-state index contributed by atoms with van der Waals surface area (Å²) in [6.45, 7) is 2.49. The number of carboxylic acids is 2. The SMILES string of the molecule is C[n+]1ccc2nc(SCC3=C(C(=O)[O-])N4C(=O)C(NC(=O)/C(=N\OC(C)(C)C(=O)O)c5csc(N)n5)[C@@H]4SC3)sc2c1. The fourth-order valence-electron chi connectivity index (χ4n) is 3.95. The van der Waals surface area contributed by atoms with E-state index >= 15 is 0 Å². The molecule has 18 heteroatoms. The van der Waals surface area contributed by atoms with Crippen LogP contribution >= 0.6 is 46.2 Å². The number of carbonyl (C=O) groups excluding carboxylic acids is 3. The minimum Gasteiger partial charge on any atom is -0.543 e. The van der Waals surface area contributed by atoms with Gasteiger partial charge in [0, 0.05) is 23.0 Å². The van der Waals surface area contributed by atoms with Crippen molar-refractivity contribution in [2.24, 2.45) is 12.2 Å². The van der Waals surface area contributed by atoms with Crippen LogP contribution in [-0.2, 0) is 31.1 Å². The first-order valence-corrected chi connectivity index (χ1v) is 15.9. The third-order valence-electron chi connectivity index (χ3n) is 6.21. The summed E-state index contributed by atoms with van der Waals surface area (Å²) in [5.74, 6) is -3.75. The minimum atomic E-state index is -1.76. The molecule has 3 aromatic heterocycles. The first-order valence-electron chi connectivity index (χ1n) is 12.1. The van der Waals surface area contributed by atoms with Gasteiger partial charge in [0.2, 0.25) is 5.60 Å². The van der Waals surface area contributed by atoms with Crippen LogP contribution in [-0.4, -0.2) is 78.0 Å². The number of aromatic nitrogens is 3. The Morgan fingerprint density at radius 1 is 1.38 bits per heavy atom. The Kier molecular flexibility index (Phi) is 8.15. The number of hydrogen-bond donors (Lipinski definition) is 3. The highest BCUT2D eigenvalue weighted by Crippen LogP contribution is 2.42. The normalized spacial score (nSPS) is 19.0. The fraction of sp³-hybridized carbons (Fsp3) is 0.333. The molecule has 5 rings (SSSR count). The molecule has 14 nitrogen and oxygen atoms in total. The van der Waals surface area contributed by atoms with Gasteiger partial charge in [0.15, 0.2) is 27.6 Å². The third-order valence-corrected chi connectivity index (χ3v) is 10.5. The zero-order valence-electron chi connectivity index (χ0n) is 22.2. The van der Waals surface area contributed by atoms with Crippen molar-refractivity contribution in [2.75, 3.05) is 17.2 Å². The van der Waals surface area contributed by atoms with Crippen LogP contribution in [0.4, 0.5) is 5.13 Å². The van der Waals surface area contributed by atoms with Gasteiger partial charge in [0.25, 0.3) is 11.8 Å². The van der Waals surface area contributed by atoms with Crippen molar-refractivity contribution in [1.82, 2.24) is 20.2 Å². The summed E-state index contributed by atoms with van der Waals surface area (Å²) in [4.78, 5) is 64.8. The first-order chi connectivity index (χ1) is 19.9. The summed E-state index contributed by atoms with van der Waals surface area (Å²) in [5, 5.41) is 28.6. The van der Waals surface area contributed by atoms with Gasteiger partial charge < -0.3 is 30.9 Å². The number of hydrogen-bond acceptors (Lipinski definition) is 14. The van der Waals surface area contributed by atoms with Crippen LogP contribution in [0.25, 0.3) is 10.2 Å². The molecule has 2 atom stereocenters. The number of amides is 2. The number of pyridine rings is 1. The molecular formula is C24H23N7O7S4. The Hall–Kier alpha value is -3.74. The predicted octanol–water partition coefficient (Wildman–Crippen LogP) is -0.0604. The van der Waals surface area contributed by atoms with E-state index in [1.54, 1.807) is 0 Å². The van der Waals surface area contributed by atoms with Gasteiger partial charge in [-0.1, -0.05) is 16.9 Å². The predicted molar refractivity (Wildman–Crippen MR) is 154 cm³/mol. The van der Waals surface area contributed by atoms with E-state index < -0.39 is 40.8 Å². The molecule has 1 fully saturated rings. The lowest BCUT2D eigenvalue weighted by Crippen LogP contribution is -2.71. The number of nitrogens with two attached hydrogens (primary N) is 1. The Bertz CT molecular complexity index is 1680. The quantitative estimate of drug-likeness (QED) is 0.0869. The average Bonchev–Trinajstić information content (AvgIpc) is 3.54. The highest BCUT2D eigenvalue weighted by atomic mass is 32.2. The number of anilines is 1. The van der Waals surface area contributed by atoms with Crippen LogP contribution in [0.15, 0.2) is 44.6 Å². The topological polar surface area (TPSA) is 204 Å². The van der Waals surface area contributed by atoms with E-state index in [1.807, 2.05) is 30.1 Å². The molecule has 2 aliphatic heterocycles. The molecule has 5 heterocycles. The maximum atomic E-state index is 13.2. The van der Waals surface area contributed by atoms with Crippen molar-refractivity contribution in [3.05, 3.63) is 40.8 Å². The summed E-state index contributed by atoms with van der Waals surface area (Å²) in [6, 6.07) is 0.818. The largest absolute Gasteiger partial charge is 0.543 e. The first kappa shape index (κ1) is 29.7. The number of oxime groups is 1. The number of carboxylic acid groups (broad SMARTS) is 2. The number of aliphatic carboxylic acids is 2. The van der Waals surface area contributed by atoms with E-state index in [0.29, 0.717) is 5.57 Å². The maximum absolute atomic E-state index is 13.2. The number of rotatable bonds is 10. The van der Waals surface area contributed by atoms with Crippen molar-refractivity contribution in [1.29, 1.82) is 0 Å². The Morgan fingerprint density at radius 3 is 2.81 bits per heavy atom. The number of nitrogens with zero attached hydrogens (tertiary/aromatic N) is 5. The molecular weight excluding hydrogens is 627 g/mol. The number of nitrogens with one attached hydrogen (secondary N) is 1. The molecule has 0 saturated carbocycles. The molecule has 0 radical (unpaired) electrons. The van der Waals surface area contributed by atoms with Crippen LogP contribution in [0.3, 0.4) is 0 Å². The number of thiazole rings is 2. The zero-order valence-corrected chi connectivity index (χ0v) is 25.5. The van der Waals surface area contributed by atoms with Crippen LogP contribution in [0.1, 0.15) is 19.5 Å². The zero-order chi connectivity index (χ0) is 30.3. The average molecular weight is 650 g/mol. The molecule has 2 aliphatic rings. The Labute approximate surface area is 254 Å². The third kappa shape index (κ3) is 5.79. The second kappa shape index (κ2) is 11.5. The number of carbonyl (C=O) groups is 4. The van der Waals surface area contributed by atoms with Crippen molar-refractivity contribution < 1.29 is 38.8 Å². The van der Waals surface area contributed by atoms with E-state index in [-0.39, 0.29) is 33.7 Å². The van der Waals surface area contributed by atoms with Crippen LogP contribution in [0.5, 0.6) is 0 Å². The van der Waals surface area contributed by atoms with Gasteiger partial charge in [-0.25, -0.2) is 19.3 Å². The molecule has 4 N–H and O–H groups in total. The van der Waals surface area contributed by atoms with E-state index in [9.17, 15) is 29.4 Å². The Balaban J connectivity index is 1.32. The van der Waals surface area contributed by atoms with E-state index in [1.165, 1.54) is 54.1 Å². The second-order valence-electron chi connectivity index (χ2n) is 9.65. The van der Waals surface area contributed by atoms with Gasteiger partial charge in [0.05, 0.1) is 17.2 Å². The molecule has 0 aliphatic carbocycles. The monoisotopic (exact) mass is 649 g/mol. The number of β-lactam (4-membered cyclic amide) rings is 1. The van der Waals surface area contributed by atoms with Gasteiger partial charge in [-0.3, -0.25) is 14.5 Å². The highest BCUT2D eigenvalue weighted by Gasteiger charge is 2.53. The number of aryl methyl sites for hydroxylation is 1. The summed E-state index contributed by atoms with van der Waals surface area (Å²) < 4.78 is 3.67.